The van der Waals surface area contributed by atoms with Gasteiger partial charge in [0, 0.05) is 11.7 Å². The summed E-state index contributed by atoms with van der Waals surface area (Å²) in [5.41, 5.74) is 7.59. The molecule has 4 nitrogen and oxygen atoms in total. The zero-order valence-electron chi connectivity index (χ0n) is 8.31. The number of carbonyl (C=O) groups is 1. The number of carbonyl (C=O) groups excluding carboxylic acids is 1. The van der Waals surface area contributed by atoms with Crippen LogP contribution < -0.4 is 10.9 Å². The third-order valence-electron chi connectivity index (χ3n) is 1.99. The molecule has 0 aliphatic carbocycles. The summed E-state index contributed by atoms with van der Waals surface area (Å²) in [6, 6.07) is 0.267. The topological polar surface area (TPSA) is 50.4 Å². The van der Waals surface area contributed by atoms with Crippen molar-refractivity contribution in [2.24, 2.45) is 0 Å². The molecule has 1 atom stereocenters. The predicted octanol–water partition coefficient (Wildman–Crippen LogP) is 0.710. The van der Waals surface area contributed by atoms with Crippen molar-refractivity contribution >= 4 is 5.97 Å². The number of hydrazine groups is 1. The maximum atomic E-state index is 11.4. The van der Waals surface area contributed by atoms with Gasteiger partial charge in [0.05, 0.1) is 12.2 Å². The Balaban J connectivity index is 2.70. The number of hydrogen-bond acceptors (Lipinski definition) is 4. The van der Waals surface area contributed by atoms with Crippen molar-refractivity contribution in [3.05, 3.63) is 11.3 Å². The molecule has 1 unspecified atom stereocenters. The van der Waals surface area contributed by atoms with Crippen LogP contribution in [0.15, 0.2) is 11.3 Å². The summed E-state index contributed by atoms with van der Waals surface area (Å²) in [5.74, 6) is -0.208. The second-order valence-corrected chi connectivity index (χ2v) is 3.20. The third-order valence-corrected chi connectivity index (χ3v) is 1.99. The van der Waals surface area contributed by atoms with E-state index in [-0.39, 0.29) is 12.0 Å². The Morgan fingerprint density at radius 3 is 3.00 bits per heavy atom. The zero-order chi connectivity index (χ0) is 9.84. The van der Waals surface area contributed by atoms with E-state index in [4.69, 9.17) is 4.74 Å². The van der Waals surface area contributed by atoms with Crippen LogP contribution in [0.1, 0.15) is 27.2 Å². The Morgan fingerprint density at radius 1 is 1.69 bits per heavy atom. The Morgan fingerprint density at radius 2 is 2.38 bits per heavy atom. The fourth-order valence-electron chi connectivity index (χ4n) is 1.27. The molecule has 0 aromatic heterocycles. The highest BCUT2D eigenvalue weighted by molar-refractivity contribution is 5.89. The Labute approximate surface area is 78.3 Å². The molecule has 1 aliphatic rings. The van der Waals surface area contributed by atoms with Crippen LogP contribution in [-0.2, 0) is 9.53 Å². The number of hydrogen-bond donors (Lipinski definition) is 2. The fourth-order valence-corrected chi connectivity index (χ4v) is 1.27. The van der Waals surface area contributed by atoms with Gasteiger partial charge >= 0.3 is 5.97 Å². The van der Waals surface area contributed by atoms with Crippen LogP contribution in [0.3, 0.4) is 0 Å². The van der Waals surface area contributed by atoms with Gasteiger partial charge < -0.3 is 10.2 Å². The van der Waals surface area contributed by atoms with Crippen molar-refractivity contribution < 1.29 is 9.53 Å². The van der Waals surface area contributed by atoms with Gasteiger partial charge in [0.15, 0.2) is 0 Å². The van der Waals surface area contributed by atoms with E-state index >= 15 is 0 Å². The van der Waals surface area contributed by atoms with Gasteiger partial charge in [-0.05, 0) is 27.2 Å². The first-order chi connectivity index (χ1) is 6.15. The van der Waals surface area contributed by atoms with Crippen LogP contribution in [0.25, 0.3) is 0 Å². The number of allylic oxidation sites excluding steroid dienone is 1. The predicted molar refractivity (Wildman–Crippen MR) is 49.7 cm³/mol. The molecule has 0 bridgehead atoms. The maximum absolute atomic E-state index is 11.4. The average Bonchev–Trinajstić information content (AvgIpc) is 2.09. The first-order valence-electron chi connectivity index (χ1n) is 4.53. The summed E-state index contributed by atoms with van der Waals surface area (Å²) >= 11 is 0. The van der Waals surface area contributed by atoms with Crippen LogP contribution >= 0.6 is 0 Å². The van der Waals surface area contributed by atoms with E-state index in [2.05, 4.69) is 10.9 Å². The van der Waals surface area contributed by atoms with E-state index in [1.165, 1.54) is 0 Å². The molecule has 0 radical (unpaired) electrons. The van der Waals surface area contributed by atoms with Crippen LogP contribution in [0.5, 0.6) is 0 Å². The van der Waals surface area contributed by atoms with Crippen LogP contribution in [0.2, 0.25) is 0 Å². The molecule has 1 rings (SSSR count). The lowest BCUT2D eigenvalue weighted by Gasteiger charge is -2.24. The van der Waals surface area contributed by atoms with Gasteiger partial charge in [-0.3, -0.25) is 0 Å². The molecule has 4 heteroatoms. The molecule has 0 saturated carbocycles. The molecule has 0 spiro atoms. The smallest absolute Gasteiger partial charge is 0.335 e. The Bertz CT molecular complexity index is 236. The summed E-state index contributed by atoms with van der Waals surface area (Å²) < 4.78 is 4.94. The molecule has 2 N–H and O–H groups in total. The highest BCUT2D eigenvalue weighted by Gasteiger charge is 2.20. The Kier molecular flexibility index (Phi) is 3.31. The lowest BCUT2D eigenvalue weighted by Crippen LogP contribution is -2.43. The lowest BCUT2D eigenvalue weighted by molar-refractivity contribution is -0.139. The number of esters is 1. The molecule has 74 valence electrons. The van der Waals surface area contributed by atoms with Gasteiger partial charge in [0.1, 0.15) is 0 Å². The van der Waals surface area contributed by atoms with Crippen LogP contribution in [0.4, 0.5) is 0 Å². The average molecular weight is 184 g/mol. The van der Waals surface area contributed by atoms with Crippen molar-refractivity contribution in [3.63, 3.8) is 0 Å². The standard InChI is InChI=1S/C9H16N2O2/c1-4-13-9(12)8-5-6(2)10-11-7(8)3/h6,10-11H,4-5H2,1-3H3. The SMILES string of the molecule is CCOC(=O)C1=C(C)NNC(C)C1. The van der Waals surface area contributed by atoms with E-state index in [1.54, 1.807) is 0 Å². The number of nitrogens with one attached hydrogen (secondary N) is 2. The van der Waals surface area contributed by atoms with Crippen molar-refractivity contribution in [1.29, 1.82) is 0 Å². The molecule has 1 aliphatic heterocycles. The number of ether oxygens (including phenoxy) is 1. The minimum absolute atomic E-state index is 0.208. The first kappa shape index (κ1) is 10.1. The minimum Gasteiger partial charge on any atom is -0.463 e. The highest BCUT2D eigenvalue weighted by atomic mass is 16.5. The molecule has 1 heterocycles. The van der Waals surface area contributed by atoms with E-state index in [1.807, 2.05) is 20.8 Å². The van der Waals surface area contributed by atoms with Gasteiger partial charge in [-0.15, -0.1) is 0 Å². The largest absolute Gasteiger partial charge is 0.463 e. The van der Waals surface area contributed by atoms with Crippen molar-refractivity contribution in [2.75, 3.05) is 6.61 Å². The van der Waals surface area contributed by atoms with Gasteiger partial charge in [-0.1, -0.05) is 0 Å². The molecule has 0 saturated heterocycles. The quantitative estimate of drug-likeness (QED) is 0.621. The summed E-state index contributed by atoms with van der Waals surface area (Å²) in [6.07, 6.45) is 0.720. The van der Waals surface area contributed by atoms with Crippen LogP contribution in [0, 0.1) is 0 Å². The molecule has 0 fully saturated rings. The molecule has 0 aromatic rings. The molecule has 0 aromatic carbocycles. The maximum Gasteiger partial charge on any atom is 0.335 e. The van der Waals surface area contributed by atoms with Gasteiger partial charge in [0.25, 0.3) is 0 Å². The van der Waals surface area contributed by atoms with Crippen LogP contribution in [-0.4, -0.2) is 18.6 Å². The second-order valence-electron chi connectivity index (χ2n) is 3.20. The van der Waals surface area contributed by atoms with Gasteiger partial charge in [0.2, 0.25) is 0 Å². The highest BCUT2D eigenvalue weighted by Crippen LogP contribution is 2.14. The van der Waals surface area contributed by atoms with E-state index < -0.39 is 0 Å². The summed E-state index contributed by atoms with van der Waals surface area (Å²) in [6.45, 7) is 6.12. The zero-order valence-corrected chi connectivity index (χ0v) is 8.31. The van der Waals surface area contributed by atoms with E-state index in [0.29, 0.717) is 6.61 Å². The van der Waals surface area contributed by atoms with Crippen molar-refractivity contribution in [3.8, 4) is 0 Å². The summed E-state index contributed by atoms with van der Waals surface area (Å²) in [5, 5.41) is 0. The first-order valence-corrected chi connectivity index (χ1v) is 4.53. The normalized spacial score (nSPS) is 22.5. The van der Waals surface area contributed by atoms with Crippen molar-refractivity contribution in [1.82, 2.24) is 10.9 Å². The third kappa shape index (κ3) is 2.45. The van der Waals surface area contributed by atoms with Gasteiger partial charge in [-0.2, -0.15) is 0 Å². The summed E-state index contributed by atoms with van der Waals surface area (Å²) in [7, 11) is 0. The van der Waals surface area contributed by atoms with Crippen molar-refractivity contribution in [2.45, 2.75) is 33.2 Å². The number of rotatable bonds is 2. The monoisotopic (exact) mass is 184 g/mol. The Hall–Kier alpha value is -1.03. The minimum atomic E-state index is -0.208. The van der Waals surface area contributed by atoms with E-state index in [9.17, 15) is 4.79 Å². The molecular formula is C9H16N2O2. The molecular weight excluding hydrogens is 168 g/mol. The fraction of sp³-hybridized carbons (Fsp3) is 0.667. The second kappa shape index (κ2) is 4.28. The molecule has 0 amide bonds. The molecule has 13 heavy (non-hydrogen) atoms. The summed E-state index contributed by atoms with van der Waals surface area (Å²) in [4.78, 5) is 11.4. The lowest BCUT2D eigenvalue weighted by atomic mass is 10.0. The van der Waals surface area contributed by atoms with E-state index in [0.717, 1.165) is 17.7 Å². The van der Waals surface area contributed by atoms with Gasteiger partial charge in [-0.25, -0.2) is 10.2 Å².